The summed E-state index contributed by atoms with van der Waals surface area (Å²) in [5.41, 5.74) is 16.1. The van der Waals surface area contributed by atoms with Gasteiger partial charge in [0, 0.05) is 33.8 Å². The molecule has 0 amide bonds. The molecule has 1 aliphatic rings. The van der Waals surface area contributed by atoms with E-state index in [4.69, 9.17) is 4.42 Å². The zero-order valence-electron chi connectivity index (χ0n) is 33.1. The van der Waals surface area contributed by atoms with Crippen molar-refractivity contribution in [2.45, 2.75) is 12.3 Å². The second-order valence-corrected chi connectivity index (χ2v) is 15.6. The molecule has 10 aromatic rings. The summed E-state index contributed by atoms with van der Waals surface area (Å²) in [5.74, 6) is 0.225. The highest BCUT2D eigenvalue weighted by atomic mass is 16.3. The minimum atomic E-state index is 0.225. The predicted octanol–water partition coefficient (Wildman–Crippen LogP) is 16.3. The number of allylic oxidation sites excluding steroid dienone is 4. The number of fused-ring (bicyclic) bond motifs is 4. The standard InChI is InChI=1S/C58H41NO/c1-2-14-40(15-3-1)41-30-32-43(33-31-41)52-23-6-8-27-55(52)59(48-36-34-44(35-37-48)53-26-13-29-57-58(53)54-24-7-9-28-56(54)60-57)49-21-11-19-46(39-49)45-18-10-20-47(38-45)51-25-12-17-42-16-4-5-22-50(42)51/h1-32,34-39,43H,33H2. The van der Waals surface area contributed by atoms with Crippen molar-refractivity contribution in [3.8, 4) is 33.4 Å². The van der Waals surface area contributed by atoms with Crippen LogP contribution in [-0.2, 0) is 0 Å². The fraction of sp³-hybridized carbons (Fsp3) is 0.0345. The summed E-state index contributed by atoms with van der Waals surface area (Å²) in [5, 5.41) is 4.79. The van der Waals surface area contributed by atoms with Gasteiger partial charge < -0.3 is 9.32 Å². The molecule has 0 fully saturated rings. The molecule has 0 saturated carbocycles. The molecular formula is C58H41NO. The van der Waals surface area contributed by atoms with E-state index in [0.717, 1.165) is 50.9 Å². The van der Waals surface area contributed by atoms with Gasteiger partial charge in [-0.3, -0.25) is 0 Å². The number of rotatable bonds is 8. The fourth-order valence-electron chi connectivity index (χ4n) is 9.10. The maximum absolute atomic E-state index is 6.28. The molecule has 11 rings (SSSR count). The first-order valence-corrected chi connectivity index (χ1v) is 20.8. The lowest BCUT2D eigenvalue weighted by Crippen LogP contribution is -2.14. The van der Waals surface area contributed by atoms with Crippen molar-refractivity contribution in [1.82, 2.24) is 0 Å². The van der Waals surface area contributed by atoms with Crippen molar-refractivity contribution >= 4 is 55.3 Å². The van der Waals surface area contributed by atoms with Gasteiger partial charge in [0.25, 0.3) is 0 Å². The Morgan fingerprint density at radius 1 is 0.433 bits per heavy atom. The molecule has 1 heterocycles. The molecule has 0 bridgehead atoms. The fourth-order valence-corrected chi connectivity index (χ4v) is 9.10. The summed E-state index contributed by atoms with van der Waals surface area (Å²) in [7, 11) is 0. The van der Waals surface area contributed by atoms with Gasteiger partial charge in [0.05, 0.1) is 0 Å². The second kappa shape index (κ2) is 15.2. The van der Waals surface area contributed by atoms with Crippen LogP contribution < -0.4 is 4.90 Å². The van der Waals surface area contributed by atoms with Crippen LogP contribution in [0.15, 0.2) is 235 Å². The van der Waals surface area contributed by atoms with Crippen molar-refractivity contribution in [2.75, 3.05) is 4.90 Å². The van der Waals surface area contributed by atoms with E-state index in [0.29, 0.717) is 0 Å². The smallest absolute Gasteiger partial charge is 0.136 e. The first-order valence-electron chi connectivity index (χ1n) is 20.8. The van der Waals surface area contributed by atoms with E-state index >= 15 is 0 Å². The van der Waals surface area contributed by atoms with E-state index in [1.165, 1.54) is 55.4 Å². The molecule has 1 unspecified atom stereocenters. The summed E-state index contributed by atoms with van der Waals surface area (Å²) in [4.78, 5) is 2.44. The van der Waals surface area contributed by atoms with Gasteiger partial charge >= 0.3 is 0 Å². The van der Waals surface area contributed by atoms with Gasteiger partial charge in [-0.2, -0.15) is 0 Å². The lowest BCUT2D eigenvalue weighted by Gasteiger charge is -2.30. The molecule has 1 atom stereocenters. The average Bonchev–Trinajstić information content (AvgIpc) is 3.72. The van der Waals surface area contributed by atoms with Gasteiger partial charge in [-0.25, -0.2) is 0 Å². The Hall–Kier alpha value is -7.68. The number of furan rings is 1. The molecule has 0 spiro atoms. The molecule has 0 aliphatic heterocycles. The van der Waals surface area contributed by atoms with Gasteiger partial charge in [0.2, 0.25) is 0 Å². The normalized spacial score (nSPS) is 13.8. The number of hydrogen-bond donors (Lipinski definition) is 0. The summed E-state index contributed by atoms with van der Waals surface area (Å²) in [6.07, 6.45) is 7.99. The topological polar surface area (TPSA) is 16.4 Å². The monoisotopic (exact) mass is 767 g/mol. The van der Waals surface area contributed by atoms with Crippen LogP contribution in [-0.4, -0.2) is 0 Å². The minimum absolute atomic E-state index is 0.225. The van der Waals surface area contributed by atoms with Crippen molar-refractivity contribution in [3.63, 3.8) is 0 Å². The van der Waals surface area contributed by atoms with Crippen molar-refractivity contribution < 1.29 is 4.42 Å². The molecule has 9 aromatic carbocycles. The van der Waals surface area contributed by atoms with Crippen LogP contribution in [0.4, 0.5) is 17.1 Å². The molecule has 1 aromatic heterocycles. The predicted molar refractivity (Wildman–Crippen MR) is 253 cm³/mol. The third-order valence-corrected chi connectivity index (χ3v) is 12.0. The van der Waals surface area contributed by atoms with Crippen molar-refractivity contribution in [1.29, 1.82) is 0 Å². The molecule has 2 heteroatoms. The zero-order valence-corrected chi connectivity index (χ0v) is 33.1. The van der Waals surface area contributed by atoms with Gasteiger partial charge in [-0.1, -0.05) is 182 Å². The molecule has 0 radical (unpaired) electrons. The first-order chi connectivity index (χ1) is 29.7. The number of para-hydroxylation sites is 2. The van der Waals surface area contributed by atoms with Crippen LogP contribution in [0.2, 0.25) is 0 Å². The quantitative estimate of drug-likeness (QED) is 0.153. The Kier molecular flexibility index (Phi) is 9.02. The Morgan fingerprint density at radius 3 is 1.95 bits per heavy atom. The molecule has 60 heavy (non-hydrogen) atoms. The third kappa shape index (κ3) is 6.49. The van der Waals surface area contributed by atoms with E-state index in [2.05, 4.69) is 223 Å². The van der Waals surface area contributed by atoms with E-state index in [1.54, 1.807) is 0 Å². The Bertz CT molecular complexity index is 3240. The lowest BCUT2D eigenvalue weighted by atomic mass is 9.87. The van der Waals surface area contributed by atoms with Crippen LogP contribution in [0.25, 0.3) is 71.7 Å². The van der Waals surface area contributed by atoms with Gasteiger partial charge in [0.15, 0.2) is 0 Å². The van der Waals surface area contributed by atoms with Crippen LogP contribution in [0.1, 0.15) is 23.5 Å². The summed E-state index contributed by atoms with van der Waals surface area (Å²) in [6.45, 7) is 0. The summed E-state index contributed by atoms with van der Waals surface area (Å²) >= 11 is 0. The van der Waals surface area contributed by atoms with E-state index in [9.17, 15) is 0 Å². The summed E-state index contributed by atoms with van der Waals surface area (Å²) in [6, 6.07) is 76.5. The minimum Gasteiger partial charge on any atom is -0.456 e. The van der Waals surface area contributed by atoms with E-state index < -0.39 is 0 Å². The van der Waals surface area contributed by atoms with Crippen LogP contribution >= 0.6 is 0 Å². The van der Waals surface area contributed by atoms with Crippen molar-refractivity contribution in [3.05, 3.63) is 242 Å². The molecular weight excluding hydrogens is 727 g/mol. The van der Waals surface area contributed by atoms with Gasteiger partial charge in [0.1, 0.15) is 11.2 Å². The Labute approximate surface area is 350 Å². The SMILES string of the molecule is C1=CC(c2ccccc2N(c2ccc(-c3cccc4oc5ccccc5c34)cc2)c2cccc(-c3cccc(-c4cccc5ccccc45)c3)c2)CC=C1c1ccccc1. The highest BCUT2D eigenvalue weighted by molar-refractivity contribution is 6.12. The zero-order chi connectivity index (χ0) is 39.8. The van der Waals surface area contributed by atoms with Crippen LogP contribution in [0.5, 0.6) is 0 Å². The number of nitrogens with zero attached hydrogens (tertiary/aromatic N) is 1. The van der Waals surface area contributed by atoms with E-state index in [-0.39, 0.29) is 5.92 Å². The third-order valence-electron chi connectivity index (χ3n) is 12.0. The first kappa shape index (κ1) is 35.5. The van der Waals surface area contributed by atoms with Crippen LogP contribution in [0, 0.1) is 0 Å². The summed E-state index contributed by atoms with van der Waals surface area (Å²) < 4.78 is 6.28. The van der Waals surface area contributed by atoms with Gasteiger partial charge in [-0.05, 0) is 116 Å². The second-order valence-electron chi connectivity index (χ2n) is 15.6. The molecule has 0 saturated heterocycles. The number of anilines is 3. The van der Waals surface area contributed by atoms with Crippen LogP contribution in [0.3, 0.4) is 0 Å². The lowest BCUT2D eigenvalue weighted by molar-refractivity contribution is 0.669. The highest BCUT2D eigenvalue weighted by Gasteiger charge is 2.22. The number of hydrogen-bond acceptors (Lipinski definition) is 2. The highest BCUT2D eigenvalue weighted by Crippen LogP contribution is 2.44. The maximum Gasteiger partial charge on any atom is 0.136 e. The van der Waals surface area contributed by atoms with E-state index in [1.807, 2.05) is 12.1 Å². The molecule has 2 nitrogen and oxygen atoms in total. The average molecular weight is 768 g/mol. The number of benzene rings is 9. The molecule has 0 N–H and O–H groups in total. The maximum atomic E-state index is 6.28. The molecule has 1 aliphatic carbocycles. The Balaban J connectivity index is 1.02. The van der Waals surface area contributed by atoms with Gasteiger partial charge in [-0.15, -0.1) is 0 Å². The molecule has 284 valence electrons. The largest absolute Gasteiger partial charge is 0.456 e. The Morgan fingerprint density at radius 2 is 1.08 bits per heavy atom. The van der Waals surface area contributed by atoms with Crippen molar-refractivity contribution in [2.24, 2.45) is 0 Å².